The van der Waals surface area contributed by atoms with Crippen LogP contribution < -0.4 is 0 Å². The first kappa shape index (κ1) is 21.0. The normalized spacial score (nSPS) is 9.89. The Balaban J connectivity index is 0. The zero-order chi connectivity index (χ0) is 15.3. The summed E-state index contributed by atoms with van der Waals surface area (Å²) in [4.78, 5) is 21.2. The fourth-order valence-corrected chi connectivity index (χ4v) is 5.21. The average molecular weight is 379 g/mol. The summed E-state index contributed by atoms with van der Waals surface area (Å²) in [6.45, 7) is 9.36. The van der Waals surface area contributed by atoms with Crippen molar-refractivity contribution < 1.29 is 19.1 Å². The van der Waals surface area contributed by atoms with Gasteiger partial charge in [-0.15, -0.1) is 0 Å². The molecule has 0 heterocycles. The maximum atomic E-state index is 10.6. The van der Waals surface area contributed by atoms with Gasteiger partial charge in [-0.3, -0.25) is 9.59 Å². The molecular weight excluding hydrogens is 351 g/mol. The van der Waals surface area contributed by atoms with Crippen LogP contribution >= 0.6 is 0 Å². The summed E-state index contributed by atoms with van der Waals surface area (Å²) >= 11 is 0.0389. The molecule has 4 nitrogen and oxygen atoms in total. The summed E-state index contributed by atoms with van der Waals surface area (Å²) in [5, 5.41) is 0. The molecule has 19 heavy (non-hydrogen) atoms. The zero-order valence-corrected chi connectivity index (χ0v) is 16.0. The average Bonchev–Trinajstić information content (AvgIpc) is 2.32. The maximum absolute atomic E-state index is 10.6. The van der Waals surface area contributed by atoms with Gasteiger partial charge in [0.25, 0.3) is 0 Å². The van der Waals surface area contributed by atoms with E-state index in [2.05, 4.69) is 37.2 Å². The molecule has 2 radical (unpaired) electrons. The standard InChI is InChI=1S/C8H14O4.2C3H7.Sn/c1-11-7(9)5-3-4-6-8(10)12-2;2*1-3-2;/h3-6H2,1-2H3;2*3H,1-2H3;. The number of hydrogen-bond donors (Lipinski definition) is 0. The van der Waals surface area contributed by atoms with Crippen molar-refractivity contribution in [3.05, 3.63) is 0 Å². The zero-order valence-electron chi connectivity index (χ0n) is 13.1. The van der Waals surface area contributed by atoms with Gasteiger partial charge in [-0.1, -0.05) is 0 Å². The van der Waals surface area contributed by atoms with Gasteiger partial charge in [0.2, 0.25) is 0 Å². The Hall–Kier alpha value is -0.261. The van der Waals surface area contributed by atoms with Gasteiger partial charge in [-0.2, -0.15) is 0 Å². The number of ether oxygens (including phenoxy) is 2. The molecule has 0 rings (SSSR count). The molecule has 0 aliphatic heterocycles. The number of carbonyl (C=O) groups is 2. The molecule has 0 aliphatic rings. The van der Waals surface area contributed by atoms with E-state index in [-0.39, 0.29) is 33.1 Å². The van der Waals surface area contributed by atoms with E-state index in [0.29, 0.717) is 25.7 Å². The predicted octanol–water partition coefficient (Wildman–Crippen LogP) is 3.24. The summed E-state index contributed by atoms with van der Waals surface area (Å²) in [7, 11) is 2.70. The van der Waals surface area contributed by atoms with Gasteiger partial charge in [0, 0.05) is 12.8 Å². The van der Waals surface area contributed by atoms with Crippen LogP contribution in [-0.2, 0) is 19.1 Å². The molecule has 0 unspecified atom stereocenters. The Morgan fingerprint density at radius 3 is 1.32 bits per heavy atom. The molecule has 5 heteroatoms. The van der Waals surface area contributed by atoms with E-state index in [0.717, 1.165) is 7.87 Å². The Morgan fingerprint density at radius 1 is 0.842 bits per heavy atom. The van der Waals surface area contributed by atoms with E-state index >= 15 is 0 Å². The van der Waals surface area contributed by atoms with Crippen LogP contribution in [0, 0.1) is 0 Å². The Bertz CT molecular complexity index is 216. The van der Waals surface area contributed by atoms with Gasteiger partial charge in [0.1, 0.15) is 0 Å². The fraction of sp³-hybridized carbons (Fsp3) is 0.857. The molecule has 0 N–H and O–H groups in total. The summed E-state index contributed by atoms with van der Waals surface area (Å²) in [6.07, 6.45) is 2.07. The molecule has 0 saturated carbocycles. The molecule has 112 valence electrons. The second-order valence-corrected chi connectivity index (χ2v) is 12.4. The minimum atomic E-state index is -0.236. The van der Waals surface area contributed by atoms with Crippen molar-refractivity contribution in [3.8, 4) is 0 Å². The van der Waals surface area contributed by atoms with Crippen molar-refractivity contribution in [2.75, 3.05) is 14.2 Å². The van der Waals surface area contributed by atoms with Crippen molar-refractivity contribution >= 4 is 33.1 Å². The third-order valence-corrected chi connectivity index (χ3v) is 5.94. The van der Waals surface area contributed by atoms with E-state index in [1.54, 1.807) is 0 Å². The Kier molecular flexibility index (Phi) is 15.7. The van der Waals surface area contributed by atoms with Crippen LogP contribution in [0.15, 0.2) is 0 Å². The van der Waals surface area contributed by atoms with Crippen molar-refractivity contribution in [3.63, 3.8) is 0 Å². The second-order valence-electron chi connectivity index (χ2n) is 4.84. The molecule has 0 aromatic rings. The first-order valence-corrected chi connectivity index (χ1v) is 10.0. The molecule has 0 bridgehead atoms. The Labute approximate surface area is 127 Å². The topological polar surface area (TPSA) is 52.6 Å². The van der Waals surface area contributed by atoms with E-state index in [4.69, 9.17) is 0 Å². The van der Waals surface area contributed by atoms with Crippen molar-refractivity contribution in [1.82, 2.24) is 0 Å². The van der Waals surface area contributed by atoms with E-state index < -0.39 is 0 Å². The third kappa shape index (κ3) is 20.2. The van der Waals surface area contributed by atoms with Gasteiger partial charge < -0.3 is 9.47 Å². The number of methoxy groups -OCH3 is 2. The predicted molar refractivity (Wildman–Crippen MR) is 78.5 cm³/mol. The van der Waals surface area contributed by atoms with E-state index in [9.17, 15) is 9.59 Å². The van der Waals surface area contributed by atoms with Gasteiger partial charge in [0.15, 0.2) is 0 Å². The number of hydrogen-bond acceptors (Lipinski definition) is 4. The van der Waals surface area contributed by atoms with Crippen LogP contribution in [0.4, 0.5) is 0 Å². The van der Waals surface area contributed by atoms with Crippen LogP contribution in [0.1, 0.15) is 53.4 Å². The molecule has 0 spiro atoms. The van der Waals surface area contributed by atoms with Crippen molar-refractivity contribution in [1.29, 1.82) is 0 Å². The molecule has 0 atom stereocenters. The number of esters is 2. The summed E-state index contributed by atoms with van der Waals surface area (Å²) < 4.78 is 10.9. The van der Waals surface area contributed by atoms with Crippen LogP contribution in [-0.4, -0.2) is 47.3 Å². The van der Waals surface area contributed by atoms with Crippen LogP contribution in [0.25, 0.3) is 0 Å². The summed E-state index contributed by atoms with van der Waals surface area (Å²) in [6, 6.07) is 0. The van der Waals surface area contributed by atoms with Gasteiger partial charge in [0.05, 0.1) is 14.2 Å². The van der Waals surface area contributed by atoms with E-state index in [1.165, 1.54) is 14.2 Å². The van der Waals surface area contributed by atoms with Gasteiger partial charge >= 0.3 is 68.6 Å². The molecule has 0 fully saturated rings. The summed E-state index contributed by atoms with van der Waals surface area (Å²) in [5.41, 5.74) is 0. The molecular formula is C14H28O4Sn. The summed E-state index contributed by atoms with van der Waals surface area (Å²) in [5.74, 6) is -0.472. The minimum absolute atomic E-state index is 0.0389. The molecule has 0 aliphatic carbocycles. The van der Waals surface area contributed by atoms with Crippen LogP contribution in [0.2, 0.25) is 7.87 Å². The SMILES string of the molecule is COC(=O)CCCCC(=O)OC.C[CH](C)[Sn][CH](C)C. The number of unbranched alkanes of at least 4 members (excludes halogenated alkanes) is 1. The van der Waals surface area contributed by atoms with Gasteiger partial charge in [-0.05, 0) is 12.8 Å². The molecule has 0 aromatic carbocycles. The first-order chi connectivity index (χ1) is 8.83. The Morgan fingerprint density at radius 2 is 1.16 bits per heavy atom. The van der Waals surface area contributed by atoms with Gasteiger partial charge in [-0.25, -0.2) is 0 Å². The van der Waals surface area contributed by atoms with E-state index in [1.807, 2.05) is 0 Å². The first-order valence-electron chi connectivity index (χ1n) is 6.73. The monoisotopic (exact) mass is 380 g/mol. The number of carbonyl (C=O) groups excluding carboxylic acids is 2. The molecule has 0 amide bonds. The molecule has 0 saturated heterocycles. The second kappa shape index (κ2) is 14.2. The number of rotatable bonds is 7. The van der Waals surface area contributed by atoms with Crippen LogP contribution in [0.3, 0.4) is 0 Å². The van der Waals surface area contributed by atoms with Crippen molar-refractivity contribution in [2.24, 2.45) is 0 Å². The quantitative estimate of drug-likeness (QED) is 0.387. The third-order valence-electron chi connectivity index (χ3n) is 2.13. The molecule has 0 aromatic heterocycles. The van der Waals surface area contributed by atoms with Crippen LogP contribution in [0.5, 0.6) is 0 Å². The fourth-order valence-electron chi connectivity index (χ4n) is 1.41. The van der Waals surface area contributed by atoms with Crippen molar-refractivity contribution in [2.45, 2.75) is 61.2 Å².